The predicted molar refractivity (Wildman–Crippen MR) is 83.3 cm³/mol. The van der Waals surface area contributed by atoms with Gasteiger partial charge in [0.25, 0.3) is 0 Å². The quantitative estimate of drug-likeness (QED) is 0.896. The van der Waals surface area contributed by atoms with Crippen molar-refractivity contribution in [1.82, 2.24) is 5.32 Å². The molecule has 110 valence electrons. The number of rotatable bonds is 4. The molecule has 0 bridgehead atoms. The monoisotopic (exact) mass is 294 g/mol. The van der Waals surface area contributed by atoms with Gasteiger partial charge in [-0.1, -0.05) is 24.6 Å². The molecule has 1 aromatic rings. The number of nitrogens with zero attached hydrogens (tertiary/aromatic N) is 1. The maximum atomic E-state index is 10.00. The zero-order valence-electron chi connectivity index (χ0n) is 12.0. The highest BCUT2D eigenvalue weighted by Gasteiger charge is 2.41. The summed E-state index contributed by atoms with van der Waals surface area (Å²) in [7, 11) is 0. The molecule has 3 atom stereocenters. The van der Waals surface area contributed by atoms with E-state index in [1.165, 1.54) is 5.69 Å². The first-order valence-electron chi connectivity index (χ1n) is 7.61. The summed E-state index contributed by atoms with van der Waals surface area (Å²) in [4.78, 5) is 2.38. The number of aliphatic hydroxyl groups is 1. The largest absolute Gasteiger partial charge is 0.393 e. The maximum absolute atomic E-state index is 10.00. The zero-order valence-corrected chi connectivity index (χ0v) is 12.7. The molecule has 0 aromatic heterocycles. The predicted octanol–water partition coefficient (Wildman–Crippen LogP) is 2.66. The Hall–Kier alpha value is -0.770. The number of fused-ring (bicyclic) bond motifs is 1. The van der Waals surface area contributed by atoms with Gasteiger partial charge in [-0.05, 0) is 43.0 Å². The summed E-state index contributed by atoms with van der Waals surface area (Å²) in [6.07, 6.45) is 2.04. The van der Waals surface area contributed by atoms with E-state index in [1.54, 1.807) is 0 Å². The van der Waals surface area contributed by atoms with Crippen molar-refractivity contribution in [2.24, 2.45) is 11.8 Å². The summed E-state index contributed by atoms with van der Waals surface area (Å²) in [5.74, 6) is 1.11. The fourth-order valence-corrected chi connectivity index (χ4v) is 3.83. The van der Waals surface area contributed by atoms with Crippen LogP contribution in [-0.2, 0) is 6.54 Å². The van der Waals surface area contributed by atoms with Crippen LogP contribution >= 0.6 is 11.6 Å². The first-order chi connectivity index (χ1) is 9.69. The molecule has 3 nitrogen and oxygen atoms in total. The van der Waals surface area contributed by atoms with Crippen molar-refractivity contribution in [3.8, 4) is 0 Å². The molecule has 1 saturated heterocycles. The number of hydrogen-bond donors (Lipinski definition) is 2. The molecule has 1 aliphatic heterocycles. The molecule has 0 amide bonds. The minimum atomic E-state index is -0.103. The van der Waals surface area contributed by atoms with Gasteiger partial charge in [-0.3, -0.25) is 0 Å². The van der Waals surface area contributed by atoms with Crippen LogP contribution in [0.15, 0.2) is 18.2 Å². The third-order valence-electron chi connectivity index (χ3n) is 4.79. The first kappa shape index (κ1) is 14.2. The van der Waals surface area contributed by atoms with Gasteiger partial charge in [-0.2, -0.15) is 0 Å². The first-order valence-corrected chi connectivity index (χ1v) is 7.99. The van der Waals surface area contributed by atoms with Crippen LogP contribution in [-0.4, -0.2) is 30.8 Å². The van der Waals surface area contributed by atoms with Gasteiger partial charge in [0.2, 0.25) is 0 Å². The van der Waals surface area contributed by atoms with Gasteiger partial charge in [0.05, 0.1) is 6.10 Å². The molecule has 20 heavy (non-hydrogen) atoms. The van der Waals surface area contributed by atoms with Crippen LogP contribution in [0.3, 0.4) is 0 Å². The molecule has 0 spiro atoms. The Morgan fingerprint density at radius 2 is 2.20 bits per heavy atom. The topological polar surface area (TPSA) is 35.5 Å². The van der Waals surface area contributed by atoms with Gasteiger partial charge in [0, 0.05) is 36.3 Å². The number of hydrogen-bond acceptors (Lipinski definition) is 3. The molecule has 1 saturated carbocycles. The zero-order chi connectivity index (χ0) is 14.1. The highest BCUT2D eigenvalue weighted by Crippen LogP contribution is 2.40. The van der Waals surface area contributed by atoms with Crippen LogP contribution in [0, 0.1) is 11.8 Å². The van der Waals surface area contributed by atoms with E-state index < -0.39 is 0 Å². The van der Waals surface area contributed by atoms with Gasteiger partial charge in [-0.25, -0.2) is 0 Å². The Bertz CT molecular complexity index is 480. The Morgan fingerprint density at radius 1 is 1.35 bits per heavy atom. The minimum absolute atomic E-state index is 0.103. The van der Waals surface area contributed by atoms with E-state index in [4.69, 9.17) is 11.6 Å². The number of anilines is 1. The van der Waals surface area contributed by atoms with Crippen LogP contribution in [0.4, 0.5) is 5.69 Å². The third kappa shape index (κ3) is 2.67. The van der Waals surface area contributed by atoms with Crippen LogP contribution < -0.4 is 10.2 Å². The maximum Gasteiger partial charge on any atom is 0.0588 e. The smallest absolute Gasteiger partial charge is 0.0588 e. The summed E-state index contributed by atoms with van der Waals surface area (Å²) in [6, 6.07) is 6.35. The van der Waals surface area contributed by atoms with E-state index in [1.807, 2.05) is 0 Å². The molecule has 3 rings (SSSR count). The van der Waals surface area contributed by atoms with Crippen molar-refractivity contribution in [1.29, 1.82) is 0 Å². The number of nitrogens with one attached hydrogen (secondary N) is 1. The van der Waals surface area contributed by atoms with E-state index >= 15 is 0 Å². The van der Waals surface area contributed by atoms with E-state index in [0.717, 1.165) is 49.6 Å². The second-order valence-corrected chi connectivity index (χ2v) is 6.44. The summed E-state index contributed by atoms with van der Waals surface area (Å²) < 4.78 is 0. The lowest BCUT2D eigenvalue weighted by atomic mass is 10.00. The van der Waals surface area contributed by atoms with Crippen LogP contribution in [0.1, 0.15) is 25.3 Å². The highest BCUT2D eigenvalue weighted by molar-refractivity contribution is 6.31. The van der Waals surface area contributed by atoms with Crippen molar-refractivity contribution in [3.05, 3.63) is 28.8 Å². The number of halogens is 1. The fourth-order valence-electron chi connectivity index (χ4n) is 3.58. The van der Waals surface area contributed by atoms with E-state index in [9.17, 15) is 5.11 Å². The van der Waals surface area contributed by atoms with E-state index in [-0.39, 0.29) is 6.10 Å². The summed E-state index contributed by atoms with van der Waals surface area (Å²) in [6.45, 7) is 5.89. The molecule has 1 aliphatic carbocycles. The molecular weight excluding hydrogens is 272 g/mol. The summed E-state index contributed by atoms with van der Waals surface area (Å²) >= 11 is 6.38. The molecule has 2 N–H and O–H groups in total. The molecule has 1 aromatic carbocycles. The Labute approximate surface area is 125 Å². The Morgan fingerprint density at radius 3 is 2.90 bits per heavy atom. The molecule has 3 unspecified atom stereocenters. The molecule has 0 radical (unpaired) electrons. The van der Waals surface area contributed by atoms with E-state index in [0.29, 0.717) is 11.8 Å². The molecular formula is C16H23ClN2O. The second-order valence-electron chi connectivity index (χ2n) is 6.03. The summed E-state index contributed by atoms with van der Waals surface area (Å²) in [5.41, 5.74) is 2.34. The van der Waals surface area contributed by atoms with Gasteiger partial charge in [0.1, 0.15) is 0 Å². The molecule has 2 aliphatic rings. The van der Waals surface area contributed by atoms with Crippen molar-refractivity contribution >= 4 is 17.3 Å². The van der Waals surface area contributed by atoms with Crippen molar-refractivity contribution < 1.29 is 5.11 Å². The fraction of sp³-hybridized carbons (Fsp3) is 0.625. The van der Waals surface area contributed by atoms with Crippen molar-refractivity contribution in [2.75, 3.05) is 24.5 Å². The lowest BCUT2D eigenvalue weighted by molar-refractivity contribution is 0.133. The minimum Gasteiger partial charge on any atom is -0.393 e. The van der Waals surface area contributed by atoms with Crippen molar-refractivity contribution in [2.45, 2.75) is 32.4 Å². The standard InChI is InChI=1S/C16H23ClN2O/c1-2-18-8-11-3-5-13(7-15(11)17)19-9-12-4-6-16(20)14(12)10-19/h3,5,7,12,14,16,18,20H,2,4,6,8-10H2,1H3. The second kappa shape index (κ2) is 5.92. The number of benzene rings is 1. The summed E-state index contributed by atoms with van der Waals surface area (Å²) in [5, 5.41) is 14.1. The highest BCUT2D eigenvalue weighted by atomic mass is 35.5. The number of aliphatic hydroxyl groups excluding tert-OH is 1. The van der Waals surface area contributed by atoms with Crippen LogP contribution in [0.5, 0.6) is 0 Å². The van der Waals surface area contributed by atoms with Crippen LogP contribution in [0.25, 0.3) is 0 Å². The average molecular weight is 295 g/mol. The van der Waals surface area contributed by atoms with Gasteiger partial charge < -0.3 is 15.3 Å². The van der Waals surface area contributed by atoms with Gasteiger partial charge >= 0.3 is 0 Å². The Kier molecular flexibility index (Phi) is 4.20. The lowest BCUT2D eigenvalue weighted by Crippen LogP contribution is -2.24. The lowest BCUT2D eigenvalue weighted by Gasteiger charge is -2.21. The SMILES string of the molecule is CCNCc1ccc(N2CC3CCC(O)C3C2)cc1Cl. The van der Waals surface area contributed by atoms with Crippen molar-refractivity contribution in [3.63, 3.8) is 0 Å². The normalized spacial score (nSPS) is 28.9. The Balaban J connectivity index is 1.71. The average Bonchev–Trinajstić information content (AvgIpc) is 3.00. The van der Waals surface area contributed by atoms with Gasteiger partial charge in [-0.15, -0.1) is 0 Å². The van der Waals surface area contributed by atoms with Gasteiger partial charge in [0.15, 0.2) is 0 Å². The molecule has 2 fully saturated rings. The van der Waals surface area contributed by atoms with E-state index in [2.05, 4.69) is 35.3 Å². The molecule has 4 heteroatoms. The van der Waals surface area contributed by atoms with Crippen LogP contribution in [0.2, 0.25) is 5.02 Å². The third-order valence-corrected chi connectivity index (χ3v) is 5.14. The molecule has 1 heterocycles.